The van der Waals surface area contributed by atoms with E-state index in [1.165, 1.54) is 4.90 Å². The van der Waals surface area contributed by atoms with E-state index >= 15 is 0 Å². The summed E-state index contributed by atoms with van der Waals surface area (Å²) in [6.45, 7) is 3.07. The molecule has 0 aliphatic carbocycles. The molecule has 0 bridgehead atoms. The van der Waals surface area contributed by atoms with Gasteiger partial charge in [0, 0.05) is 13.1 Å². The van der Waals surface area contributed by atoms with Crippen LogP contribution in [0.4, 0.5) is 5.69 Å². The molecule has 1 fully saturated rings. The molecule has 1 N–H and O–H groups in total. The Kier molecular flexibility index (Phi) is 7.15. The number of aryl methyl sites for hydroxylation is 1. The molecule has 1 aliphatic heterocycles. The van der Waals surface area contributed by atoms with Crippen LogP contribution in [-0.4, -0.2) is 34.4 Å². The maximum Gasteiger partial charge on any atom is 0.257 e. The Morgan fingerprint density at radius 1 is 0.939 bits per heavy atom. The number of amides is 2. The molecule has 4 rings (SSSR count). The lowest BCUT2D eigenvalue weighted by Gasteiger charge is -2.30. The van der Waals surface area contributed by atoms with E-state index in [0.717, 1.165) is 23.1 Å². The molecule has 0 radical (unpaired) electrons. The Balaban J connectivity index is 1.53. The van der Waals surface area contributed by atoms with Gasteiger partial charge in [-0.2, -0.15) is 0 Å². The van der Waals surface area contributed by atoms with Gasteiger partial charge in [-0.15, -0.1) is 0 Å². The molecule has 168 valence electrons. The van der Waals surface area contributed by atoms with Crippen molar-refractivity contribution in [2.45, 2.75) is 32.4 Å². The van der Waals surface area contributed by atoms with Crippen LogP contribution in [0.5, 0.6) is 0 Å². The highest BCUT2D eigenvalue weighted by molar-refractivity contribution is 7.80. The second-order valence-electron chi connectivity index (χ2n) is 8.20. The number of benzene rings is 3. The standard InChI is InChI=1S/C27H27N3O2S/c1-20-12-14-23(15-13-20)30-25(31)18-24(26(30)32)29(17-16-21-8-4-2-5-9-21)27(33)28-19-22-10-6-3-7-11-22/h2-15,24H,16-19H2,1H3,(H,28,33)/t24-/m1/s1. The number of hydrogen-bond donors (Lipinski definition) is 1. The molecule has 5 nitrogen and oxygen atoms in total. The van der Waals surface area contributed by atoms with Gasteiger partial charge in [-0.3, -0.25) is 9.59 Å². The largest absolute Gasteiger partial charge is 0.358 e. The van der Waals surface area contributed by atoms with E-state index in [2.05, 4.69) is 17.4 Å². The molecule has 1 aliphatic rings. The van der Waals surface area contributed by atoms with Gasteiger partial charge < -0.3 is 10.2 Å². The van der Waals surface area contributed by atoms with Crippen molar-refractivity contribution < 1.29 is 9.59 Å². The third-order valence-electron chi connectivity index (χ3n) is 5.82. The van der Waals surface area contributed by atoms with E-state index < -0.39 is 6.04 Å². The highest BCUT2D eigenvalue weighted by Crippen LogP contribution is 2.26. The average Bonchev–Trinajstić information content (AvgIpc) is 3.13. The van der Waals surface area contributed by atoms with Crippen molar-refractivity contribution in [3.05, 3.63) is 102 Å². The normalized spacial score (nSPS) is 15.5. The summed E-state index contributed by atoms with van der Waals surface area (Å²) in [5.74, 6) is -0.440. The van der Waals surface area contributed by atoms with Crippen LogP contribution < -0.4 is 10.2 Å². The van der Waals surface area contributed by atoms with E-state index in [-0.39, 0.29) is 18.2 Å². The molecule has 1 atom stereocenters. The van der Waals surface area contributed by atoms with Gasteiger partial charge in [-0.1, -0.05) is 78.4 Å². The SMILES string of the molecule is Cc1ccc(N2C(=O)C[C@@H](N(CCc3ccccc3)C(=S)NCc3ccccc3)C2=O)cc1. The quantitative estimate of drug-likeness (QED) is 0.425. The minimum absolute atomic E-state index is 0.106. The molecular weight excluding hydrogens is 430 g/mol. The lowest BCUT2D eigenvalue weighted by Crippen LogP contribution is -2.50. The summed E-state index contributed by atoms with van der Waals surface area (Å²) < 4.78 is 0. The summed E-state index contributed by atoms with van der Waals surface area (Å²) in [5.41, 5.74) is 3.92. The Morgan fingerprint density at radius 3 is 2.18 bits per heavy atom. The first-order valence-corrected chi connectivity index (χ1v) is 11.5. The van der Waals surface area contributed by atoms with E-state index in [0.29, 0.717) is 23.9 Å². The van der Waals surface area contributed by atoms with Gasteiger partial charge in [0.2, 0.25) is 5.91 Å². The van der Waals surface area contributed by atoms with Gasteiger partial charge in [0.25, 0.3) is 5.91 Å². The number of nitrogens with one attached hydrogen (secondary N) is 1. The predicted molar refractivity (Wildman–Crippen MR) is 135 cm³/mol. The van der Waals surface area contributed by atoms with E-state index in [1.807, 2.05) is 84.6 Å². The molecule has 3 aromatic rings. The first-order chi connectivity index (χ1) is 16.0. The average molecular weight is 458 g/mol. The van der Waals surface area contributed by atoms with Crippen LogP contribution in [0.2, 0.25) is 0 Å². The Bertz CT molecular complexity index is 1120. The maximum atomic E-state index is 13.4. The van der Waals surface area contributed by atoms with Gasteiger partial charge in [-0.25, -0.2) is 4.90 Å². The number of nitrogens with zero attached hydrogens (tertiary/aromatic N) is 2. The molecule has 33 heavy (non-hydrogen) atoms. The Labute approximate surface area is 200 Å². The summed E-state index contributed by atoms with van der Waals surface area (Å²) >= 11 is 5.72. The number of anilines is 1. The maximum absolute atomic E-state index is 13.4. The topological polar surface area (TPSA) is 52.7 Å². The lowest BCUT2D eigenvalue weighted by atomic mass is 10.1. The van der Waals surface area contributed by atoms with Gasteiger partial charge in [-0.05, 0) is 48.8 Å². The fraction of sp³-hybridized carbons (Fsp3) is 0.222. The molecule has 0 spiro atoms. The first-order valence-electron chi connectivity index (χ1n) is 11.1. The molecule has 1 saturated heterocycles. The Morgan fingerprint density at radius 2 is 1.55 bits per heavy atom. The molecule has 1 heterocycles. The van der Waals surface area contributed by atoms with Crippen LogP contribution in [0.25, 0.3) is 0 Å². The summed E-state index contributed by atoms with van der Waals surface area (Å²) in [6, 6.07) is 26.9. The van der Waals surface area contributed by atoms with Crippen LogP contribution in [0.1, 0.15) is 23.1 Å². The lowest BCUT2D eigenvalue weighted by molar-refractivity contribution is -0.122. The smallest absolute Gasteiger partial charge is 0.257 e. The minimum Gasteiger partial charge on any atom is -0.358 e. The van der Waals surface area contributed by atoms with Gasteiger partial charge in [0.15, 0.2) is 5.11 Å². The number of carbonyl (C=O) groups excluding carboxylic acids is 2. The molecule has 6 heteroatoms. The summed E-state index contributed by atoms with van der Waals surface area (Å²) in [7, 11) is 0. The second kappa shape index (κ2) is 10.4. The number of hydrogen-bond acceptors (Lipinski definition) is 3. The monoisotopic (exact) mass is 457 g/mol. The van der Waals surface area contributed by atoms with Crippen LogP contribution in [-0.2, 0) is 22.6 Å². The molecule has 0 unspecified atom stereocenters. The van der Waals surface area contributed by atoms with Crippen LogP contribution in [0, 0.1) is 6.92 Å². The fourth-order valence-corrected chi connectivity index (χ4v) is 4.28. The molecule has 2 amide bonds. The van der Waals surface area contributed by atoms with Crippen molar-refractivity contribution in [2.24, 2.45) is 0 Å². The van der Waals surface area contributed by atoms with Gasteiger partial charge in [0.05, 0.1) is 12.1 Å². The zero-order valence-corrected chi connectivity index (χ0v) is 19.4. The number of thiocarbonyl (C=S) groups is 1. The van der Waals surface area contributed by atoms with Gasteiger partial charge in [0.1, 0.15) is 6.04 Å². The third kappa shape index (κ3) is 5.46. The van der Waals surface area contributed by atoms with E-state index in [4.69, 9.17) is 12.2 Å². The van der Waals surface area contributed by atoms with Crippen molar-refractivity contribution in [1.29, 1.82) is 0 Å². The zero-order chi connectivity index (χ0) is 23.2. The van der Waals surface area contributed by atoms with Crippen molar-refractivity contribution >= 4 is 34.8 Å². The second-order valence-corrected chi connectivity index (χ2v) is 8.58. The van der Waals surface area contributed by atoms with Crippen molar-refractivity contribution in [2.75, 3.05) is 11.4 Å². The molecule has 3 aromatic carbocycles. The molecular formula is C27H27N3O2S. The highest BCUT2D eigenvalue weighted by atomic mass is 32.1. The van der Waals surface area contributed by atoms with E-state index in [9.17, 15) is 9.59 Å². The first kappa shape index (κ1) is 22.7. The molecule has 0 aromatic heterocycles. The van der Waals surface area contributed by atoms with Crippen molar-refractivity contribution in [1.82, 2.24) is 10.2 Å². The summed E-state index contributed by atoms with van der Waals surface area (Å²) in [4.78, 5) is 29.5. The minimum atomic E-state index is -0.627. The molecule has 0 saturated carbocycles. The Hall–Kier alpha value is -3.51. The summed E-state index contributed by atoms with van der Waals surface area (Å²) in [5, 5.41) is 3.76. The van der Waals surface area contributed by atoms with Crippen LogP contribution in [0.15, 0.2) is 84.9 Å². The van der Waals surface area contributed by atoms with Crippen LogP contribution >= 0.6 is 12.2 Å². The highest BCUT2D eigenvalue weighted by Gasteiger charge is 2.43. The number of carbonyl (C=O) groups is 2. The van der Waals surface area contributed by atoms with Gasteiger partial charge >= 0.3 is 0 Å². The van der Waals surface area contributed by atoms with E-state index in [1.54, 1.807) is 0 Å². The number of imide groups is 1. The van der Waals surface area contributed by atoms with Crippen molar-refractivity contribution in [3.8, 4) is 0 Å². The fourth-order valence-electron chi connectivity index (χ4n) is 3.99. The third-order valence-corrected chi connectivity index (χ3v) is 6.20. The summed E-state index contributed by atoms with van der Waals surface area (Å²) in [6.07, 6.45) is 0.825. The van der Waals surface area contributed by atoms with Crippen LogP contribution in [0.3, 0.4) is 0 Å². The number of rotatable bonds is 7. The zero-order valence-electron chi connectivity index (χ0n) is 18.6. The van der Waals surface area contributed by atoms with Crippen molar-refractivity contribution in [3.63, 3.8) is 0 Å². The predicted octanol–water partition coefficient (Wildman–Crippen LogP) is 4.25.